The van der Waals surface area contributed by atoms with E-state index in [1.54, 1.807) is 19.1 Å². The Labute approximate surface area is 102 Å². The lowest BCUT2D eigenvalue weighted by Crippen LogP contribution is -2.13. The van der Waals surface area contributed by atoms with Gasteiger partial charge < -0.3 is 9.84 Å². The first-order valence-corrected chi connectivity index (χ1v) is 5.73. The van der Waals surface area contributed by atoms with E-state index >= 15 is 0 Å². The highest BCUT2D eigenvalue weighted by atomic mass is 16.5. The molecule has 1 unspecified atom stereocenters. The van der Waals surface area contributed by atoms with E-state index in [9.17, 15) is 9.90 Å². The average Bonchev–Trinajstić information content (AvgIpc) is 2.37. The number of hydrogen-bond donors (Lipinski definition) is 1. The van der Waals surface area contributed by atoms with Crippen LogP contribution in [0, 0.1) is 0 Å². The van der Waals surface area contributed by atoms with Gasteiger partial charge in [0, 0.05) is 0 Å². The lowest BCUT2D eigenvalue weighted by Gasteiger charge is -2.13. The standard InChI is InChI=1S/C14H18O3/c1-4-11-6-8-12(9-7-11)13(15)10(3)14(16)17-5-2/h6-9,13,15H,3-5H2,1-2H3. The maximum Gasteiger partial charge on any atom is 0.336 e. The topological polar surface area (TPSA) is 46.5 Å². The molecular weight excluding hydrogens is 216 g/mol. The van der Waals surface area contributed by atoms with E-state index in [-0.39, 0.29) is 12.2 Å². The van der Waals surface area contributed by atoms with Crippen LogP contribution in [0.4, 0.5) is 0 Å². The van der Waals surface area contributed by atoms with E-state index in [1.165, 1.54) is 5.56 Å². The van der Waals surface area contributed by atoms with Gasteiger partial charge in [-0.15, -0.1) is 0 Å². The zero-order chi connectivity index (χ0) is 12.8. The third-order valence-corrected chi connectivity index (χ3v) is 2.57. The first kappa shape index (κ1) is 13.5. The number of rotatable bonds is 5. The smallest absolute Gasteiger partial charge is 0.336 e. The molecule has 1 aromatic carbocycles. The normalized spacial score (nSPS) is 11.9. The summed E-state index contributed by atoms with van der Waals surface area (Å²) in [6.45, 7) is 7.62. The summed E-state index contributed by atoms with van der Waals surface area (Å²) < 4.78 is 4.79. The number of ether oxygens (including phenoxy) is 1. The van der Waals surface area contributed by atoms with Gasteiger partial charge in [0.15, 0.2) is 0 Å². The first-order chi connectivity index (χ1) is 8.10. The molecule has 3 heteroatoms. The van der Waals surface area contributed by atoms with Crippen molar-refractivity contribution in [2.45, 2.75) is 26.4 Å². The maximum atomic E-state index is 11.4. The number of carbonyl (C=O) groups is 1. The summed E-state index contributed by atoms with van der Waals surface area (Å²) in [5.74, 6) is -0.556. The molecule has 1 N–H and O–H groups in total. The molecule has 0 saturated heterocycles. The monoisotopic (exact) mass is 234 g/mol. The Kier molecular flexibility index (Phi) is 4.91. The Hall–Kier alpha value is -1.61. The third kappa shape index (κ3) is 3.43. The molecule has 1 rings (SSSR count). The van der Waals surface area contributed by atoms with Gasteiger partial charge in [-0.2, -0.15) is 0 Å². The molecule has 0 fully saturated rings. The second-order valence-electron chi connectivity index (χ2n) is 3.74. The van der Waals surface area contributed by atoms with Gasteiger partial charge in [0.1, 0.15) is 6.10 Å². The fraction of sp³-hybridized carbons (Fsp3) is 0.357. The van der Waals surface area contributed by atoms with Gasteiger partial charge in [0.05, 0.1) is 12.2 Å². The zero-order valence-corrected chi connectivity index (χ0v) is 10.3. The highest BCUT2D eigenvalue weighted by Crippen LogP contribution is 2.21. The van der Waals surface area contributed by atoms with Crippen LogP contribution in [0.5, 0.6) is 0 Å². The summed E-state index contributed by atoms with van der Waals surface area (Å²) in [4.78, 5) is 11.4. The van der Waals surface area contributed by atoms with Gasteiger partial charge in [0.2, 0.25) is 0 Å². The number of esters is 1. The molecule has 0 bridgehead atoms. The molecular formula is C14H18O3. The molecule has 0 aromatic heterocycles. The molecule has 0 saturated carbocycles. The minimum atomic E-state index is -1.00. The molecule has 0 spiro atoms. The minimum absolute atomic E-state index is 0.0658. The molecule has 0 aliphatic heterocycles. The highest BCUT2D eigenvalue weighted by molar-refractivity contribution is 5.89. The van der Waals surface area contributed by atoms with Crippen LogP contribution in [0.2, 0.25) is 0 Å². The van der Waals surface area contributed by atoms with Crippen molar-refractivity contribution in [2.75, 3.05) is 6.61 Å². The van der Waals surface area contributed by atoms with Crippen molar-refractivity contribution >= 4 is 5.97 Å². The molecule has 1 aromatic rings. The van der Waals surface area contributed by atoms with Crippen LogP contribution in [0.25, 0.3) is 0 Å². The molecule has 92 valence electrons. The average molecular weight is 234 g/mol. The number of hydrogen-bond acceptors (Lipinski definition) is 3. The molecule has 1 atom stereocenters. The predicted molar refractivity (Wildman–Crippen MR) is 66.6 cm³/mol. The molecule has 0 aliphatic carbocycles. The summed E-state index contributed by atoms with van der Waals surface area (Å²) in [5.41, 5.74) is 1.90. The van der Waals surface area contributed by atoms with Crippen molar-refractivity contribution in [1.82, 2.24) is 0 Å². The molecule has 3 nitrogen and oxygen atoms in total. The quantitative estimate of drug-likeness (QED) is 0.628. The summed E-state index contributed by atoms with van der Waals surface area (Å²) >= 11 is 0. The first-order valence-electron chi connectivity index (χ1n) is 5.73. The van der Waals surface area contributed by atoms with Gasteiger partial charge >= 0.3 is 5.97 Å². The molecule has 0 heterocycles. The predicted octanol–water partition coefficient (Wildman–Crippen LogP) is 2.40. The molecule has 0 radical (unpaired) electrons. The maximum absolute atomic E-state index is 11.4. The van der Waals surface area contributed by atoms with Crippen LogP contribution >= 0.6 is 0 Å². The van der Waals surface area contributed by atoms with E-state index in [1.807, 2.05) is 12.1 Å². The van der Waals surface area contributed by atoms with Gasteiger partial charge in [0.25, 0.3) is 0 Å². The third-order valence-electron chi connectivity index (χ3n) is 2.57. The van der Waals surface area contributed by atoms with E-state index < -0.39 is 12.1 Å². The fourth-order valence-corrected chi connectivity index (χ4v) is 1.47. The van der Waals surface area contributed by atoms with Crippen molar-refractivity contribution in [2.24, 2.45) is 0 Å². The van der Waals surface area contributed by atoms with Crippen LogP contribution in [0.3, 0.4) is 0 Å². The lowest BCUT2D eigenvalue weighted by atomic mass is 10.0. The summed E-state index contributed by atoms with van der Waals surface area (Å²) in [6.07, 6.45) is -0.0604. The molecule has 0 amide bonds. The second-order valence-corrected chi connectivity index (χ2v) is 3.74. The van der Waals surface area contributed by atoms with E-state index in [4.69, 9.17) is 4.74 Å². The largest absolute Gasteiger partial charge is 0.463 e. The van der Waals surface area contributed by atoms with Gasteiger partial charge in [-0.1, -0.05) is 37.8 Å². The van der Waals surface area contributed by atoms with Crippen molar-refractivity contribution < 1.29 is 14.6 Å². The van der Waals surface area contributed by atoms with Gasteiger partial charge in [-0.25, -0.2) is 4.79 Å². The van der Waals surface area contributed by atoms with Crippen LogP contribution in [0.1, 0.15) is 31.1 Å². The molecule has 17 heavy (non-hydrogen) atoms. The van der Waals surface area contributed by atoms with Crippen molar-refractivity contribution in [3.8, 4) is 0 Å². The summed E-state index contributed by atoms with van der Waals surface area (Å²) in [5, 5.41) is 9.95. The fourth-order valence-electron chi connectivity index (χ4n) is 1.47. The van der Waals surface area contributed by atoms with Crippen molar-refractivity contribution in [1.29, 1.82) is 0 Å². The van der Waals surface area contributed by atoms with Crippen LogP contribution in [0.15, 0.2) is 36.4 Å². The Morgan fingerprint density at radius 2 is 1.94 bits per heavy atom. The Balaban J connectivity index is 2.77. The van der Waals surface area contributed by atoms with Crippen LogP contribution in [-0.4, -0.2) is 17.7 Å². The van der Waals surface area contributed by atoms with E-state index in [0.29, 0.717) is 5.56 Å². The highest BCUT2D eigenvalue weighted by Gasteiger charge is 2.19. The number of carbonyl (C=O) groups excluding carboxylic acids is 1. The number of benzene rings is 1. The van der Waals surface area contributed by atoms with Crippen molar-refractivity contribution in [3.63, 3.8) is 0 Å². The SMILES string of the molecule is C=C(C(=O)OCC)C(O)c1ccc(CC)cc1. The van der Waals surface area contributed by atoms with Crippen molar-refractivity contribution in [3.05, 3.63) is 47.5 Å². The van der Waals surface area contributed by atoms with Gasteiger partial charge in [-0.05, 0) is 24.5 Å². The Morgan fingerprint density at radius 3 is 2.41 bits per heavy atom. The second kappa shape index (κ2) is 6.21. The summed E-state index contributed by atoms with van der Waals surface area (Å²) in [7, 11) is 0. The van der Waals surface area contributed by atoms with Crippen LogP contribution in [-0.2, 0) is 16.0 Å². The van der Waals surface area contributed by atoms with Crippen LogP contribution < -0.4 is 0 Å². The number of aryl methyl sites for hydroxylation is 1. The van der Waals surface area contributed by atoms with E-state index in [0.717, 1.165) is 6.42 Å². The van der Waals surface area contributed by atoms with Gasteiger partial charge in [-0.3, -0.25) is 0 Å². The zero-order valence-electron chi connectivity index (χ0n) is 10.3. The Bertz CT molecular complexity index is 392. The number of aliphatic hydroxyl groups excluding tert-OH is 1. The lowest BCUT2D eigenvalue weighted by molar-refractivity contribution is -0.139. The minimum Gasteiger partial charge on any atom is -0.463 e. The Morgan fingerprint density at radius 1 is 1.35 bits per heavy atom. The summed E-state index contributed by atoms with van der Waals surface area (Å²) in [6, 6.07) is 7.45. The molecule has 0 aliphatic rings. The number of aliphatic hydroxyl groups is 1. The van der Waals surface area contributed by atoms with E-state index in [2.05, 4.69) is 13.5 Å².